The molecule has 0 aliphatic carbocycles. The van der Waals surface area contributed by atoms with E-state index in [1.807, 2.05) is 31.2 Å². The number of carbonyl (C=O) groups is 1. The molecule has 2 amide bonds. The van der Waals surface area contributed by atoms with Gasteiger partial charge in [-0.2, -0.15) is 0 Å². The highest BCUT2D eigenvalue weighted by Gasteiger charge is 2.01. The number of hydrogen-bond acceptors (Lipinski definition) is 2. The average Bonchev–Trinajstić information content (AvgIpc) is 2.52. The first-order valence-corrected chi connectivity index (χ1v) is 7.10. The summed E-state index contributed by atoms with van der Waals surface area (Å²) < 4.78 is 18.3. The Kier molecular flexibility index (Phi) is 5.77. The summed E-state index contributed by atoms with van der Waals surface area (Å²) in [7, 11) is 0. The fraction of sp³-hybridized carbons (Fsp3) is 0.235. The summed E-state index contributed by atoms with van der Waals surface area (Å²) in [5.74, 6) is 0.526. The number of para-hydroxylation sites is 1. The number of hydrogen-bond donors (Lipinski definition) is 2. The molecule has 0 heterocycles. The largest absolute Gasteiger partial charge is 0.491 e. The normalized spacial score (nSPS) is 10.1. The molecule has 0 unspecified atom stereocenters. The number of urea groups is 1. The number of carbonyl (C=O) groups excluding carboxylic acids is 1. The van der Waals surface area contributed by atoms with Crippen molar-refractivity contribution in [2.45, 2.75) is 13.5 Å². The topological polar surface area (TPSA) is 50.4 Å². The van der Waals surface area contributed by atoms with E-state index in [-0.39, 0.29) is 11.8 Å². The van der Waals surface area contributed by atoms with Crippen LogP contribution in [0.25, 0.3) is 0 Å². The lowest BCUT2D eigenvalue weighted by atomic mass is 10.2. The third kappa shape index (κ3) is 5.09. The smallest absolute Gasteiger partial charge is 0.315 e. The Morgan fingerprint density at radius 2 is 1.82 bits per heavy atom. The standard InChI is InChI=1S/C17H19FN2O2/c1-13-4-2-3-5-16(13)22-11-10-19-17(21)20-12-14-6-8-15(18)9-7-14/h2-9H,10-12H2,1H3,(H2,19,20,21). The Hall–Kier alpha value is -2.56. The van der Waals surface area contributed by atoms with Crippen LogP contribution >= 0.6 is 0 Å². The van der Waals surface area contributed by atoms with Crippen LogP contribution in [-0.2, 0) is 6.54 Å². The van der Waals surface area contributed by atoms with Crippen LogP contribution in [0.3, 0.4) is 0 Å². The molecule has 5 heteroatoms. The fourth-order valence-corrected chi connectivity index (χ4v) is 1.89. The van der Waals surface area contributed by atoms with Crippen molar-refractivity contribution in [1.82, 2.24) is 10.6 Å². The molecule has 0 spiro atoms. The molecule has 2 rings (SSSR count). The molecule has 0 aliphatic rings. The van der Waals surface area contributed by atoms with Crippen molar-refractivity contribution in [2.24, 2.45) is 0 Å². The van der Waals surface area contributed by atoms with E-state index in [2.05, 4.69) is 10.6 Å². The zero-order chi connectivity index (χ0) is 15.8. The first kappa shape index (κ1) is 15.8. The summed E-state index contributed by atoms with van der Waals surface area (Å²) in [6.45, 7) is 3.13. The molecule has 0 saturated carbocycles. The van der Waals surface area contributed by atoms with Crippen LogP contribution in [0.15, 0.2) is 48.5 Å². The number of rotatable bonds is 6. The minimum Gasteiger partial charge on any atom is -0.491 e. The lowest BCUT2D eigenvalue weighted by Gasteiger charge is -2.10. The van der Waals surface area contributed by atoms with Crippen LogP contribution in [-0.4, -0.2) is 19.2 Å². The van der Waals surface area contributed by atoms with E-state index in [0.29, 0.717) is 19.7 Å². The maximum absolute atomic E-state index is 12.7. The van der Waals surface area contributed by atoms with Crippen LogP contribution in [0.5, 0.6) is 5.75 Å². The van der Waals surface area contributed by atoms with E-state index in [9.17, 15) is 9.18 Å². The second-order valence-electron chi connectivity index (χ2n) is 4.85. The van der Waals surface area contributed by atoms with Gasteiger partial charge in [-0.05, 0) is 36.2 Å². The summed E-state index contributed by atoms with van der Waals surface area (Å²) in [4.78, 5) is 11.6. The predicted octanol–water partition coefficient (Wildman–Crippen LogP) is 3.01. The van der Waals surface area contributed by atoms with Gasteiger partial charge in [0.05, 0.1) is 6.54 Å². The van der Waals surface area contributed by atoms with E-state index >= 15 is 0 Å². The van der Waals surface area contributed by atoms with E-state index in [4.69, 9.17) is 4.74 Å². The fourth-order valence-electron chi connectivity index (χ4n) is 1.89. The number of aryl methyl sites for hydroxylation is 1. The Labute approximate surface area is 129 Å². The van der Waals surface area contributed by atoms with E-state index in [1.165, 1.54) is 12.1 Å². The average molecular weight is 302 g/mol. The number of amides is 2. The van der Waals surface area contributed by atoms with E-state index < -0.39 is 0 Å². The summed E-state index contributed by atoms with van der Waals surface area (Å²) in [5.41, 5.74) is 1.90. The van der Waals surface area contributed by atoms with Crippen molar-refractivity contribution < 1.29 is 13.9 Å². The quantitative estimate of drug-likeness (QED) is 0.806. The molecular formula is C17H19FN2O2. The highest BCUT2D eigenvalue weighted by atomic mass is 19.1. The second-order valence-corrected chi connectivity index (χ2v) is 4.85. The summed E-state index contributed by atoms with van der Waals surface area (Å²) in [6.07, 6.45) is 0. The molecule has 2 aromatic rings. The van der Waals surface area contributed by atoms with Crippen molar-refractivity contribution in [3.05, 3.63) is 65.5 Å². The number of halogens is 1. The lowest BCUT2D eigenvalue weighted by molar-refractivity contribution is 0.236. The third-order valence-corrected chi connectivity index (χ3v) is 3.11. The highest BCUT2D eigenvalue weighted by molar-refractivity contribution is 5.73. The second kappa shape index (κ2) is 8.02. The van der Waals surface area contributed by atoms with E-state index in [0.717, 1.165) is 16.9 Å². The maximum Gasteiger partial charge on any atom is 0.315 e. The Balaban J connectivity index is 1.64. The molecule has 0 saturated heterocycles. The zero-order valence-electron chi connectivity index (χ0n) is 12.4. The van der Waals surface area contributed by atoms with Gasteiger partial charge in [0.1, 0.15) is 18.2 Å². The molecule has 22 heavy (non-hydrogen) atoms. The number of benzene rings is 2. The Morgan fingerprint density at radius 1 is 1.09 bits per heavy atom. The van der Waals surface area contributed by atoms with Crippen molar-refractivity contribution >= 4 is 6.03 Å². The molecule has 0 radical (unpaired) electrons. The first-order valence-electron chi connectivity index (χ1n) is 7.10. The molecule has 0 fully saturated rings. The molecule has 0 aliphatic heterocycles. The van der Waals surface area contributed by atoms with E-state index in [1.54, 1.807) is 12.1 Å². The molecular weight excluding hydrogens is 283 g/mol. The molecule has 4 nitrogen and oxygen atoms in total. The number of ether oxygens (including phenoxy) is 1. The van der Waals surface area contributed by atoms with Crippen LogP contribution < -0.4 is 15.4 Å². The van der Waals surface area contributed by atoms with Gasteiger partial charge in [0.2, 0.25) is 0 Å². The minimum atomic E-state index is -0.290. The Bertz CT molecular complexity index is 614. The number of nitrogens with one attached hydrogen (secondary N) is 2. The zero-order valence-corrected chi connectivity index (χ0v) is 12.4. The van der Waals surface area contributed by atoms with Crippen molar-refractivity contribution in [3.63, 3.8) is 0 Å². The molecule has 2 N–H and O–H groups in total. The van der Waals surface area contributed by atoms with Gasteiger partial charge < -0.3 is 15.4 Å². The highest BCUT2D eigenvalue weighted by Crippen LogP contribution is 2.15. The van der Waals surface area contributed by atoms with Crippen LogP contribution in [0.4, 0.5) is 9.18 Å². The van der Waals surface area contributed by atoms with Crippen LogP contribution in [0.2, 0.25) is 0 Å². The molecule has 0 aromatic heterocycles. The monoisotopic (exact) mass is 302 g/mol. The molecule has 2 aromatic carbocycles. The van der Waals surface area contributed by atoms with Crippen LogP contribution in [0.1, 0.15) is 11.1 Å². The lowest BCUT2D eigenvalue weighted by Crippen LogP contribution is -2.37. The van der Waals surface area contributed by atoms with Gasteiger partial charge >= 0.3 is 6.03 Å². The third-order valence-electron chi connectivity index (χ3n) is 3.11. The van der Waals surface area contributed by atoms with Crippen molar-refractivity contribution in [2.75, 3.05) is 13.2 Å². The van der Waals surface area contributed by atoms with Crippen molar-refractivity contribution in [1.29, 1.82) is 0 Å². The first-order chi connectivity index (χ1) is 10.6. The van der Waals surface area contributed by atoms with Gasteiger partial charge in [-0.1, -0.05) is 30.3 Å². The summed E-state index contributed by atoms with van der Waals surface area (Å²) in [6, 6.07) is 13.4. The van der Waals surface area contributed by atoms with Gasteiger partial charge in [0.25, 0.3) is 0 Å². The van der Waals surface area contributed by atoms with Gasteiger partial charge in [-0.25, -0.2) is 9.18 Å². The Morgan fingerprint density at radius 3 is 2.55 bits per heavy atom. The predicted molar refractivity (Wildman–Crippen MR) is 83.3 cm³/mol. The van der Waals surface area contributed by atoms with Gasteiger partial charge in [-0.15, -0.1) is 0 Å². The summed E-state index contributed by atoms with van der Waals surface area (Å²) in [5, 5.41) is 5.41. The van der Waals surface area contributed by atoms with Gasteiger partial charge in [-0.3, -0.25) is 0 Å². The van der Waals surface area contributed by atoms with Crippen LogP contribution in [0, 0.1) is 12.7 Å². The van der Waals surface area contributed by atoms with Gasteiger partial charge in [0, 0.05) is 6.54 Å². The SMILES string of the molecule is Cc1ccccc1OCCNC(=O)NCc1ccc(F)cc1. The molecule has 0 bridgehead atoms. The summed E-state index contributed by atoms with van der Waals surface area (Å²) >= 11 is 0. The maximum atomic E-state index is 12.7. The minimum absolute atomic E-state index is 0.280. The molecule has 116 valence electrons. The molecule has 0 atom stereocenters. The van der Waals surface area contributed by atoms with Gasteiger partial charge in [0.15, 0.2) is 0 Å². The van der Waals surface area contributed by atoms with Crippen molar-refractivity contribution in [3.8, 4) is 5.75 Å².